The Morgan fingerprint density at radius 2 is 1.92 bits per heavy atom. The molecule has 0 radical (unpaired) electrons. The van der Waals surface area contributed by atoms with Crippen molar-refractivity contribution in [3.8, 4) is 0 Å². The summed E-state index contributed by atoms with van der Waals surface area (Å²) in [6.07, 6.45) is 3.84. The van der Waals surface area contributed by atoms with Gasteiger partial charge in [0.2, 0.25) is 5.91 Å². The fraction of sp³-hybridized carbons (Fsp3) is 0.350. The van der Waals surface area contributed by atoms with E-state index in [2.05, 4.69) is 35.5 Å². The molecule has 0 unspecified atom stereocenters. The molecule has 1 aliphatic heterocycles. The van der Waals surface area contributed by atoms with Crippen LogP contribution in [0.15, 0.2) is 42.5 Å². The van der Waals surface area contributed by atoms with Gasteiger partial charge in [-0.15, -0.1) is 0 Å². The zero-order chi connectivity index (χ0) is 16.7. The SMILES string of the molecule is CN1CCc2cc(C3(C(=O)Nc4ccc(F)cc4)CCC3)ccc21. The number of carbonyl (C=O) groups excluding carboxylic acids is 1. The summed E-state index contributed by atoms with van der Waals surface area (Å²) in [5.74, 6) is -0.277. The zero-order valence-corrected chi connectivity index (χ0v) is 13.8. The summed E-state index contributed by atoms with van der Waals surface area (Å²) in [5.41, 5.74) is 3.92. The van der Waals surface area contributed by atoms with Crippen LogP contribution in [-0.4, -0.2) is 19.5 Å². The molecule has 1 N–H and O–H groups in total. The van der Waals surface area contributed by atoms with Gasteiger partial charge in [0, 0.05) is 25.0 Å². The molecular weight excluding hydrogens is 303 g/mol. The molecule has 0 saturated heterocycles. The van der Waals surface area contributed by atoms with Gasteiger partial charge in [0.25, 0.3) is 0 Å². The standard InChI is InChI=1S/C20H21FN2O/c1-23-12-9-14-13-15(3-8-18(14)23)20(10-2-11-20)19(24)22-17-6-4-16(21)5-7-17/h3-8,13H,2,9-12H2,1H3,(H,22,24). The van der Waals surface area contributed by atoms with Gasteiger partial charge in [0.15, 0.2) is 0 Å². The number of carbonyl (C=O) groups is 1. The first-order valence-electron chi connectivity index (χ1n) is 8.50. The molecular formula is C20H21FN2O. The van der Waals surface area contributed by atoms with Crippen LogP contribution in [0.2, 0.25) is 0 Å². The molecule has 4 rings (SSSR count). The van der Waals surface area contributed by atoms with Crippen LogP contribution >= 0.6 is 0 Å². The fourth-order valence-corrected chi connectivity index (χ4v) is 3.83. The van der Waals surface area contributed by atoms with Crippen molar-refractivity contribution in [2.45, 2.75) is 31.1 Å². The van der Waals surface area contributed by atoms with Crippen molar-refractivity contribution >= 4 is 17.3 Å². The summed E-state index contributed by atoms with van der Waals surface area (Å²) in [7, 11) is 2.10. The number of rotatable bonds is 3. The molecule has 3 nitrogen and oxygen atoms in total. The maximum Gasteiger partial charge on any atom is 0.235 e. The van der Waals surface area contributed by atoms with Crippen LogP contribution in [0.25, 0.3) is 0 Å². The first-order valence-corrected chi connectivity index (χ1v) is 8.50. The van der Waals surface area contributed by atoms with E-state index in [0.717, 1.165) is 37.8 Å². The number of hydrogen-bond acceptors (Lipinski definition) is 2. The highest BCUT2D eigenvalue weighted by molar-refractivity contribution is 6.00. The second kappa shape index (κ2) is 5.62. The molecule has 2 aliphatic rings. The molecule has 4 heteroatoms. The Kier molecular flexibility index (Phi) is 3.56. The molecule has 0 atom stereocenters. The summed E-state index contributed by atoms with van der Waals surface area (Å²) in [6, 6.07) is 12.4. The zero-order valence-electron chi connectivity index (χ0n) is 13.8. The minimum absolute atomic E-state index is 0.0201. The summed E-state index contributed by atoms with van der Waals surface area (Å²) in [6.45, 7) is 1.04. The van der Waals surface area contributed by atoms with Gasteiger partial charge in [-0.1, -0.05) is 18.6 Å². The van der Waals surface area contributed by atoms with Crippen LogP contribution in [0.1, 0.15) is 30.4 Å². The van der Waals surface area contributed by atoms with Crippen LogP contribution in [0.3, 0.4) is 0 Å². The Morgan fingerprint density at radius 1 is 1.17 bits per heavy atom. The Bertz CT molecular complexity index is 781. The van der Waals surface area contributed by atoms with E-state index in [1.54, 1.807) is 12.1 Å². The van der Waals surface area contributed by atoms with Crippen molar-refractivity contribution in [1.82, 2.24) is 0 Å². The fourth-order valence-electron chi connectivity index (χ4n) is 3.83. The largest absolute Gasteiger partial charge is 0.374 e. The number of benzene rings is 2. The molecule has 24 heavy (non-hydrogen) atoms. The van der Waals surface area contributed by atoms with Crippen LogP contribution in [-0.2, 0) is 16.6 Å². The summed E-state index contributed by atoms with van der Waals surface area (Å²) in [4.78, 5) is 15.2. The molecule has 1 aliphatic carbocycles. The average molecular weight is 324 g/mol. The third kappa shape index (κ3) is 2.37. The number of amides is 1. The molecule has 2 aromatic carbocycles. The normalized spacial score (nSPS) is 18.0. The van der Waals surface area contributed by atoms with E-state index in [1.807, 2.05) is 0 Å². The predicted molar refractivity (Wildman–Crippen MR) is 94.0 cm³/mol. The number of likely N-dealkylation sites (N-methyl/N-ethyl adjacent to an activating group) is 1. The lowest BCUT2D eigenvalue weighted by Crippen LogP contribution is -2.46. The number of halogens is 1. The van der Waals surface area contributed by atoms with Gasteiger partial charge in [-0.3, -0.25) is 4.79 Å². The topological polar surface area (TPSA) is 32.3 Å². The molecule has 0 spiro atoms. The number of nitrogens with zero attached hydrogens (tertiary/aromatic N) is 1. The van der Waals surface area contributed by atoms with Crippen molar-refractivity contribution in [2.24, 2.45) is 0 Å². The van der Waals surface area contributed by atoms with Gasteiger partial charge >= 0.3 is 0 Å². The molecule has 2 aromatic rings. The Labute approximate surface area is 141 Å². The van der Waals surface area contributed by atoms with Gasteiger partial charge in [0.1, 0.15) is 5.82 Å². The van der Waals surface area contributed by atoms with E-state index >= 15 is 0 Å². The number of fused-ring (bicyclic) bond motifs is 1. The van der Waals surface area contributed by atoms with E-state index in [9.17, 15) is 9.18 Å². The lowest BCUT2D eigenvalue weighted by Gasteiger charge is -2.41. The Balaban J connectivity index is 1.62. The van der Waals surface area contributed by atoms with Crippen molar-refractivity contribution in [3.63, 3.8) is 0 Å². The highest BCUT2D eigenvalue weighted by Gasteiger charge is 2.46. The van der Waals surface area contributed by atoms with Crippen LogP contribution in [0, 0.1) is 5.82 Å². The second-order valence-electron chi connectivity index (χ2n) is 6.91. The first kappa shape index (κ1) is 15.2. The van der Waals surface area contributed by atoms with E-state index in [1.165, 1.54) is 23.4 Å². The minimum atomic E-state index is -0.440. The van der Waals surface area contributed by atoms with Gasteiger partial charge in [-0.2, -0.15) is 0 Å². The molecule has 0 aromatic heterocycles. The lowest BCUT2D eigenvalue weighted by atomic mass is 9.63. The average Bonchev–Trinajstić information content (AvgIpc) is 2.90. The van der Waals surface area contributed by atoms with E-state index < -0.39 is 5.41 Å². The monoisotopic (exact) mass is 324 g/mol. The van der Waals surface area contributed by atoms with Gasteiger partial charge in [-0.05, 0) is 60.7 Å². The quantitative estimate of drug-likeness (QED) is 0.929. The molecule has 1 fully saturated rings. The van der Waals surface area contributed by atoms with Gasteiger partial charge < -0.3 is 10.2 Å². The number of hydrogen-bond donors (Lipinski definition) is 1. The lowest BCUT2D eigenvalue weighted by molar-refractivity contribution is -0.124. The van der Waals surface area contributed by atoms with Crippen LogP contribution in [0.5, 0.6) is 0 Å². The van der Waals surface area contributed by atoms with E-state index in [0.29, 0.717) is 5.69 Å². The molecule has 124 valence electrons. The van der Waals surface area contributed by atoms with Gasteiger partial charge in [0.05, 0.1) is 5.41 Å². The van der Waals surface area contributed by atoms with E-state index in [4.69, 9.17) is 0 Å². The molecule has 0 bridgehead atoms. The highest BCUT2D eigenvalue weighted by Crippen LogP contribution is 2.46. The third-order valence-corrected chi connectivity index (χ3v) is 5.50. The number of anilines is 2. The molecule has 1 saturated carbocycles. The maximum atomic E-state index is 13.0. The van der Waals surface area contributed by atoms with Crippen LogP contribution < -0.4 is 10.2 Å². The van der Waals surface area contributed by atoms with Crippen molar-refractivity contribution in [3.05, 3.63) is 59.4 Å². The number of nitrogens with one attached hydrogen (secondary N) is 1. The molecule has 1 heterocycles. The van der Waals surface area contributed by atoms with E-state index in [-0.39, 0.29) is 11.7 Å². The maximum absolute atomic E-state index is 13.0. The minimum Gasteiger partial charge on any atom is -0.374 e. The predicted octanol–water partition coefficient (Wildman–Crippen LogP) is 3.88. The highest BCUT2D eigenvalue weighted by atomic mass is 19.1. The van der Waals surface area contributed by atoms with Crippen LogP contribution in [0.4, 0.5) is 15.8 Å². The smallest absolute Gasteiger partial charge is 0.235 e. The third-order valence-electron chi connectivity index (χ3n) is 5.50. The summed E-state index contributed by atoms with van der Waals surface area (Å²) < 4.78 is 13.0. The second-order valence-corrected chi connectivity index (χ2v) is 6.91. The van der Waals surface area contributed by atoms with Gasteiger partial charge in [-0.25, -0.2) is 4.39 Å². The Hall–Kier alpha value is -2.36. The molecule has 1 amide bonds. The summed E-state index contributed by atoms with van der Waals surface area (Å²) >= 11 is 0. The van der Waals surface area contributed by atoms with Crippen molar-refractivity contribution in [1.29, 1.82) is 0 Å². The van der Waals surface area contributed by atoms with Crippen molar-refractivity contribution in [2.75, 3.05) is 23.8 Å². The Morgan fingerprint density at radius 3 is 2.58 bits per heavy atom. The summed E-state index contributed by atoms with van der Waals surface area (Å²) in [5, 5.41) is 2.97. The van der Waals surface area contributed by atoms with Crippen molar-refractivity contribution < 1.29 is 9.18 Å². The first-order chi connectivity index (χ1) is 11.6.